The molecule has 0 bridgehead atoms. The third kappa shape index (κ3) is 5.67. The van der Waals surface area contributed by atoms with Crippen molar-refractivity contribution in [1.82, 2.24) is 5.32 Å². The lowest BCUT2D eigenvalue weighted by atomic mass is 10.0. The van der Waals surface area contributed by atoms with Crippen molar-refractivity contribution < 1.29 is 9.90 Å². The van der Waals surface area contributed by atoms with Crippen molar-refractivity contribution in [2.24, 2.45) is 5.92 Å². The fourth-order valence-corrected chi connectivity index (χ4v) is 2.48. The first-order valence-corrected chi connectivity index (χ1v) is 7.17. The molecule has 1 atom stereocenters. The summed E-state index contributed by atoms with van der Waals surface area (Å²) in [5.74, 6) is 0.222. The highest BCUT2D eigenvalue weighted by Crippen LogP contribution is 2.22. The fraction of sp³-hybridized carbons (Fsp3) is 0.462. The van der Waals surface area contributed by atoms with Gasteiger partial charge in [-0.05, 0) is 30.5 Å². The lowest BCUT2D eigenvalue weighted by molar-refractivity contribution is -0.116. The second-order valence-electron chi connectivity index (χ2n) is 4.01. The SMILES string of the molecule is CCC(CCO)CNC(=O)C=Cc1ccc(Cl)s1. The zero-order valence-corrected chi connectivity index (χ0v) is 11.9. The molecule has 1 aromatic heterocycles. The van der Waals surface area contributed by atoms with E-state index in [1.54, 1.807) is 12.1 Å². The number of halogens is 1. The number of carbonyl (C=O) groups is 1. The topological polar surface area (TPSA) is 49.3 Å². The Morgan fingerprint density at radius 3 is 2.94 bits per heavy atom. The predicted octanol–water partition coefficient (Wildman–Crippen LogP) is 2.94. The lowest BCUT2D eigenvalue weighted by Crippen LogP contribution is -2.28. The van der Waals surface area contributed by atoms with Gasteiger partial charge in [0.15, 0.2) is 0 Å². The molecule has 100 valence electrons. The number of aliphatic hydroxyl groups excluding tert-OH is 1. The van der Waals surface area contributed by atoms with E-state index in [0.29, 0.717) is 16.8 Å². The molecule has 1 aromatic rings. The van der Waals surface area contributed by atoms with Crippen LogP contribution in [-0.2, 0) is 4.79 Å². The first kappa shape index (κ1) is 15.2. The van der Waals surface area contributed by atoms with E-state index in [2.05, 4.69) is 12.2 Å². The van der Waals surface area contributed by atoms with Crippen LogP contribution in [0.2, 0.25) is 4.34 Å². The van der Waals surface area contributed by atoms with Crippen LogP contribution >= 0.6 is 22.9 Å². The molecule has 0 aliphatic heterocycles. The molecule has 0 saturated heterocycles. The standard InChI is InChI=1S/C13H18ClNO2S/c1-2-10(7-8-16)9-15-13(17)6-4-11-3-5-12(14)18-11/h3-6,10,16H,2,7-9H2,1H3,(H,15,17). The van der Waals surface area contributed by atoms with Crippen molar-refractivity contribution in [3.05, 3.63) is 27.4 Å². The maximum atomic E-state index is 11.6. The number of carbonyl (C=O) groups excluding carboxylic acids is 1. The van der Waals surface area contributed by atoms with Gasteiger partial charge in [-0.25, -0.2) is 0 Å². The molecule has 0 radical (unpaired) electrons. The maximum Gasteiger partial charge on any atom is 0.244 e. The number of amides is 1. The molecule has 0 fully saturated rings. The lowest BCUT2D eigenvalue weighted by Gasteiger charge is -2.13. The Bertz CT molecular complexity index is 403. The molecule has 1 heterocycles. The number of thiophene rings is 1. The van der Waals surface area contributed by atoms with E-state index >= 15 is 0 Å². The molecular weight excluding hydrogens is 270 g/mol. The zero-order valence-electron chi connectivity index (χ0n) is 10.4. The van der Waals surface area contributed by atoms with Crippen molar-refractivity contribution >= 4 is 34.9 Å². The third-order valence-electron chi connectivity index (χ3n) is 2.67. The van der Waals surface area contributed by atoms with Crippen molar-refractivity contribution in [2.45, 2.75) is 19.8 Å². The summed E-state index contributed by atoms with van der Waals surface area (Å²) in [4.78, 5) is 12.5. The van der Waals surface area contributed by atoms with Gasteiger partial charge in [0.05, 0.1) is 4.34 Å². The molecule has 3 nitrogen and oxygen atoms in total. The molecule has 1 unspecified atom stereocenters. The van der Waals surface area contributed by atoms with Crippen LogP contribution in [0.1, 0.15) is 24.6 Å². The van der Waals surface area contributed by atoms with Crippen LogP contribution in [0, 0.1) is 5.92 Å². The Hall–Kier alpha value is -0.840. The summed E-state index contributed by atoms with van der Waals surface area (Å²) in [5.41, 5.74) is 0. The average Bonchev–Trinajstić information content (AvgIpc) is 2.77. The second kappa shape index (κ2) is 8.29. The predicted molar refractivity (Wildman–Crippen MR) is 76.9 cm³/mol. The van der Waals surface area contributed by atoms with Gasteiger partial charge in [-0.1, -0.05) is 24.9 Å². The molecular formula is C13H18ClNO2S. The van der Waals surface area contributed by atoms with Crippen LogP contribution < -0.4 is 5.32 Å². The average molecular weight is 288 g/mol. The highest BCUT2D eigenvalue weighted by Gasteiger charge is 2.06. The van der Waals surface area contributed by atoms with Gasteiger partial charge >= 0.3 is 0 Å². The smallest absolute Gasteiger partial charge is 0.244 e. The Morgan fingerprint density at radius 1 is 1.61 bits per heavy atom. The molecule has 1 rings (SSSR count). The fourth-order valence-electron chi connectivity index (χ4n) is 1.51. The summed E-state index contributed by atoms with van der Waals surface area (Å²) in [6.45, 7) is 2.82. The second-order valence-corrected chi connectivity index (χ2v) is 5.75. The van der Waals surface area contributed by atoms with E-state index in [4.69, 9.17) is 16.7 Å². The molecule has 0 aliphatic carbocycles. The minimum atomic E-state index is -0.115. The quantitative estimate of drug-likeness (QED) is 0.758. The van der Waals surface area contributed by atoms with E-state index in [1.807, 2.05) is 6.07 Å². The summed E-state index contributed by atoms with van der Waals surface area (Å²) in [7, 11) is 0. The van der Waals surface area contributed by atoms with Crippen molar-refractivity contribution in [3.63, 3.8) is 0 Å². The molecule has 2 N–H and O–H groups in total. The summed E-state index contributed by atoms with van der Waals surface area (Å²) < 4.78 is 0.712. The number of rotatable bonds is 7. The van der Waals surface area contributed by atoms with Crippen LogP contribution in [-0.4, -0.2) is 24.2 Å². The van der Waals surface area contributed by atoms with Gasteiger partial charge in [0, 0.05) is 24.1 Å². The van der Waals surface area contributed by atoms with Crippen molar-refractivity contribution in [2.75, 3.05) is 13.2 Å². The van der Waals surface area contributed by atoms with E-state index in [1.165, 1.54) is 17.4 Å². The van der Waals surface area contributed by atoms with Crippen LogP contribution in [0.3, 0.4) is 0 Å². The molecule has 5 heteroatoms. The summed E-state index contributed by atoms with van der Waals surface area (Å²) in [6, 6.07) is 3.68. The number of hydrogen-bond donors (Lipinski definition) is 2. The molecule has 18 heavy (non-hydrogen) atoms. The summed E-state index contributed by atoms with van der Waals surface area (Å²) in [5, 5.41) is 11.7. The van der Waals surface area contributed by atoms with Crippen molar-refractivity contribution in [1.29, 1.82) is 0 Å². The van der Waals surface area contributed by atoms with Gasteiger partial charge in [0.2, 0.25) is 5.91 Å². The van der Waals surface area contributed by atoms with Gasteiger partial charge < -0.3 is 10.4 Å². The molecule has 0 saturated carbocycles. The number of aliphatic hydroxyl groups is 1. The minimum Gasteiger partial charge on any atom is -0.396 e. The van der Waals surface area contributed by atoms with Gasteiger partial charge in [0.25, 0.3) is 0 Å². The number of hydrogen-bond acceptors (Lipinski definition) is 3. The van der Waals surface area contributed by atoms with Crippen LogP contribution in [0.5, 0.6) is 0 Å². The van der Waals surface area contributed by atoms with Gasteiger partial charge in [-0.3, -0.25) is 4.79 Å². The Morgan fingerprint density at radius 2 is 2.39 bits per heavy atom. The van der Waals surface area contributed by atoms with Crippen molar-refractivity contribution in [3.8, 4) is 0 Å². The molecule has 0 spiro atoms. The van der Waals surface area contributed by atoms with Crippen LogP contribution in [0.4, 0.5) is 0 Å². The van der Waals surface area contributed by atoms with E-state index in [0.717, 1.165) is 17.7 Å². The first-order chi connectivity index (χ1) is 8.65. The highest BCUT2D eigenvalue weighted by molar-refractivity contribution is 7.17. The van der Waals surface area contributed by atoms with Gasteiger partial charge in [-0.2, -0.15) is 0 Å². The summed E-state index contributed by atoms with van der Waals surface area (Å²) >= 11 is 7.22. The minimum absolute atomic E-state index is 0.115. The highest BCUT2D eigenvalue weighted by atomic mass is 35.5. The van der Waals surface area contributed by atoms with E-state index < -0.39 is 0 Å². The largest absolute Gasteiger partial charge is 0.396 e. The zero-order chi connectivity index (χ0) is 13.4. The third-order valence-corrected chi connectivity index (χ3v) is 3.87. The van der Waals surface area contributed by atoms with E-state index in [-0.39, 0.29) is 12.5 Å². The van der Waals surface area contributed by atoms with E-state index in [9.17, 15) is 4.79 Å². The monoisotopic (exact) mass is 287 g/mol. The summed E-state index contributed by atoms with van der Waals surface area (Å²) in [6.07, 6.45) is 4.93. The maximum absolute atomic E-state index is 11.6. The van der Waals surface area contributed by atoms with Gasteiger partial charge in [0.1, 0.15) is 0 Å². The first-order valence-electron chi connectivity index (χ1n) is 5.97. The Kier molecular flexibility index (Phi) is 7.01. The molecule has 0 aromatic carbocycles. The molecule has 0 aliphatic rings. The molecule has 1 amide bonds. The normalized spacial score (nSPS) is 12.8. The van der Waals surface area contributed by atoms with Crippen LogP contribution in [0.15, 0.2) is 18.2 Å². The van der Waals surface area contributed by atoms with Gasteiger partial charge in [-0.15, -0.1) is 11.3 Å². The Labute approximate surface area is 116 Å². The van der Waals surface area contributed by atoms with Crippen LogP contribution in [0.25, 0.3) is 6.08 Å². The number of nitrogens with one attached hydrogen (secondary N) is 1. The Balaban J connectivity index is 2.35.